The Morgan fingerprint density at radius 2 is 2.29 bits per heavy atom. The van der Waals surface area contributed by atoms with Gasteiger partial charge in [-0.2, -0.15) is 5.10 Å². The Kier molecular flexibility index (Phi) is 4.90. The van der Waals surface area contributed by atoms with Crippen LogP contribution in [0.1, 0.15) is 18.4 Å². The lowest BCUT2D eigenvalue weighted by atomic mass is 10.4. The van der Waals surface area contributed by atoms with Gasteiger partial charge in [0.2, 0.25) is 5.82 Å². The topological polar surface area (TPSA) is 109 Å². The van der Waals surface area contributed by atoms with E-state index in [0.717, 1.165) is 12.2 Å². The number of furan rings is 1. The van der Waals surface area contributed by atoms with Crippen LogP contribution in [0.4, 0.5) is 0 Å². The molecule has 3 N–H and O–H groups in total. The molecule has 0 aliphatic rings. The monoisotopic (exact) mass is 328 g/mol. The van der Waals surface area contributed by atoms with Gasteiger partial charge < -0.3 is 15.1 Å². The number of H-pyrrole nitrogens is 1. The number of aliphatic imine (C=N–C) groups is 1. The Hall–Kier alpha value is -3.10. The Morgan fingerprint density at radius 1 is 1.38 bits per heavy atom. The number of nitrogens with zero attached hydrogens (tertiary/aromatic N) is 5. The molecule has 0 fully saturated rings. The SMILES string of the molecule is CCNC(=NCc1nc(-c2ccco2)n[nH]1)NCc1ccnn1C. The molecule has 0 saturated heterocycles. The maximum atomic E-state index is 5.27. The fraction of sp³-hybridized carbons (Fsp3) is 0.333. The molecule has 0 unspecified atom stereocenters. The lowest BCUT2D eigenvalue weighted by Gasteiger charge is -2.10. The van der Waals surface area contributed by atoms with Gasteiger partial charge in [-0.25, -0.2) is 9.98 Å². The molecule has 3 aromatic rings. The number of hydrogen-bond donors (Lipinski definition) is 3. The number of hydrogen-bond acceptors (Lipinski definition) is 5. The van der Waals surface area contributed by atoms with Crippen LogP contribution in [-0.4, -0.2) is 37.5 Å². The number of aromatic amines is 1. The third-order valence-corrected chi connectivity index (χ3v) is 3.36. The normalized spacial score (nSPS) is 11.7. The van der Waals surface area contributed by atoms with E-state index < -0.39 is 0 Å². The van der Waals surface area contributed by atoms with E-state index in [-0.39, 0.29) is 0 Å². The molecular formula is C15H20N8O. The number of aromatic nitrogens is 5. The molecule has 0 atom stereocenters. The predicted octanol–water partition coefficient (Wildman–Crippen LogP) is 1.05. The number of aryl methyl sites for hydroxylation is 1. The van der Waals surface area contributed by atoms with Crippen molar-refractivity contribution in [2.75, 3.05) is 6.54 Å². The van der Waals surface area contributed by atoms with E-state index in [1.54, 1.807) is 18.5 Å². The van der Waals surface area contributed by atoms with Gasteiger partial charge in [0.25, 0.3) is 0 Å². The number of rotatable bonds is 6. The molecule has 0 bridgehead atoms. The number of nitrogens with one attached hydrogen (secondary N) is 3. The van der Waals surface area contributed by atoms with Gasteiger partial charge in [-0.05, 0) is 25.1 Å². The Bertz CT molecular complexity index is 786. The van der Waals surface area contributed by atoms with Crippen molar-refractivity contribution < 1.29 is 4.42 Å². The van der Waals surface area contributed by atoms with Gasteiger partial charge in [0.05, 0.1) is 18.5 Å². The number of guanidine groups is 1. The molecule has 0 radical (unpaired) electrons. The van der Waals surface area contributed by atoms with Crippen molar-refractivity contribution in [1.29, 1.82) is 0 Å². The van der Waals surface area contributed by atoms with Crippen LogP contribution >= 0.6 is 0 Å². The van der Waals surface area contributed by atoms with Crippen molar-refractivity contribution in [3.63, 3.8) is 0 Å². The molecule has 0 amide bonds. The molecule has 3 aromatic heterocycles. The van der Waals surface area contributed by atoms with E-state index in [4.69, 9.17) is 4.42 Å². The molecule has 0 aliphatic carbocycles. The minimum absolute atomic E-state index is 0.383. The summed E-state index contributed by atoms with van der Waals surface area (Å²) in [5, 5.41) is 17.6. The largest absolute Gasteiger partial charge is 0.461 e. The van der Waals surface area contributed by atoms with Gasteiger partial charge in [-0.3, -0.25) is 9.78 Å². The summed E-state index contributed by atoms with van der Waals surface area (Å²) in [5.74, 6) is 2.52. The van der Waals surface area contributed by atoms with Crippen LogP contribution in [0.3, 0.4) is 0 Å². The van der Waals surface area contributed by atoms with E-state index >= 15 is 0 Å². The molecule has 126 valence electrons. The van der Waals surface area contributed by atoms with Crippen LogP contribution in [0.5, 0.6) is 0 Å². The minimum atomic E-state index is 0.383. The van der Waals surface area contributed by atoms with Crippen molar-refractivity contribution >= 4 is 5.96 Å². The average molecular weight is 328 g/mol. The fourth-order valence-corrected chi connectivity index (χ4v) is 2.13. The van der Waals surface area contributed by atoms with Gasteiger partial charge in [-0.1, -0.05) is 0 Å². The van der Waals surface area contributed by atoms with Crippen LogP contribution in [-0.2, 0) is 20.1 Å². The maximum Gasteiger partial charge on any atom is 0.216 e. The summed E-state index contributed by atoms with van der Waals surface area (Å²) >= 11 is 0. The smallest absolute Gasteiger partial charge is 0.216 e. The van der Waals surface area contributed by atoms with E-state index in [1.165, 1.54) is 0 Å². The maximum absolute atomic E-state index is 5.27. The van der Waals surface area contributed by atoms with Crippen LogP contribution in [0.25, 0.3) is 11.6 Å². The first-order valence-electron chi connectivity index (χ1n) is 7.70. The first-order chi connectivity index (χ1) is 11.8. The summed E-state index contributed by atoms with van der Waals surface area (Å²) < 4.78 is 7.10. The summed E-state index contributed by atoms with van der Waals surface area (Å²) in [6.07, 6.45) is 3.36. The molecule has 3 heterocycles. The highest BCUT2D eigenvalue weighted by molar-refractivity contribution is 5.79. The van der Waals surface area contributed by atoms with E-state index in [9.17, 15) is 0 Å². The Balaban J connectivity index is 1.62. The standard InChI is InChI=1S/C15H20N8O/c1-3-16-15(17-9-11-6-7-19-23(11)2)18-10-13-20-14(22-21-13)12-5-4-8-24-12/h4-8H,3,9-10H2,1-2H3,(H2,16,17,18)(H,20,21,22). The summed E-state index contributed by atoms with van der Waals surface area (Å²) in [4.78, 5) is 8.88. The van der Waals surface area contributed by atoms with Crippen LogP contribution < -0.4 is 10.6 Å². The highest BCUT2D eigenvalue weighted by Gasteiger charge is 2.08. The lowest BCUT2D eigenvalue weighted by Crippen LogP contribution is -2.37. The molecule has 0 saturated carbocycles. The van der Waals surface area contributed by atoms with Gasteiger partial charge in [0.15, 0.2) is 11.7 Å². The minimum Gasteiger partial charge on any atom is -0.461 e. The van der Waals surface area contributed by atoms with Crippen molar-refractivity contribution in [3.8, 4) is 11.6 Å². The molecular weight excluding hydrogens is 308 g/mol. The molecule has 0 aromatic carbocycles. The van der Waals surface area contributed by atoms with Gasteiger partial charge in [0.1, 0.15) is 12.4 Å². The second-order valence-corrected chi connectivity index (χ2v) is 5.08. The molecule has 9 heteroatoms. The molecule has 24 heavy (non-hydrogen) atoms. The first kappa shape index (κ1) is 15.8. The second-order valence-electron chi connectivity index (χ2n) is 5.08. The van der Waals surface area contributed by atoms with Crippen molar-refractivity contribution in [2.24, 2.45) is 12.0 Å². The van der Waals surface area contributed by atoms with Gasteiger partial charge in [0, 0.05) is 19.8 Å². The Morgan fingerprint density at radius 3 is 3.00 bits per heavy atom. The fourth-order valence-electron chi connectivity index (χ4n) is 2.13. The lowest BCUT2D eigenvalue weighted by molar-refractivity contribution is 0.577. The van der Waals surface area contributed by atoms with Crippen molar-refractivity contribution in [3.05, 3.63) is 42.2 Å². The Labute approximate surface area is 139 Å². The summed E-state index contributed by atoms with van der Waals surface area (Å²) in [7, 11) is 1.91. The van der Waals surface area contributed by atoms with Crippen LogP contribution in [0, 0.1) is 0 Å². The van der Waals surface area contributed by atoms with Gasteiger partial charge >= 0.3 is 0 Å². The van der Waals surface area contributed by atoms with Crippen molar-refractivity contribution in [1.82, 2.24) is 35.6 Å². The summed E-state index contributed by atoms with van der Waals surface area (Å²) in [5.41, 5.74) is 1.07. The predicted molar refractivity (Wildman–Crippen MR) is 88.9 cm³/mol. The third kappa shape index (κ3) is 3.80. The summed E-state index contributed by atoms with van der Waals surface area (Å²) in [6, 6.07) is 5.58. The zero-order valence-electron chi connectivity index (χ0n) is 13.7. The molecule has 3 rings (SSSR count). The highest BCUT2D eigenvalue weighted by Crippen LogP contribution is 2.14. The van der Waals surface area contributed by atoms with E-state index in [0.29, 0.717) is 36.5 Å². The first-order valence-corrected chi connectivity index (χ1v) is 7.70. The molecule has 9 nitrogen and oxygen atoms in total. The van der Waals surface area contributed by atoms with Crippen LogP contribution in [0.15, 0.2) is 40.1 Å². The highest BCUT2D eigenvalue weighted by atomic mass is 16.3. The second kappa shape index (κ2) is 7.44. The van der Waals surface area contributed by atoms with E-state index in [1.807, 2.05) is 30.8 Å². The average Bonchev–Trinajstić information content (AvgIpc) is 3.31. The molecule has 0 aliphatic heterocycles. The van der Waals surface area contributed by atoms with Crippen LogP contribution in [0.2, 0.25) is 0 Å². The quantitative estimate of drug-likeness (QED) is 0.461. The van der Waals surface area contributed by atoms with Crippen molar-refractivity contribution in [2.45, 2.75) is 20.0 Å². The summed E-state index contributed by atoms with van der Waals surface area (Å²) in [6.45, 7) is 3.81. The zero-order chi connectivity index (χ0) is 16.8. The molecule has 0 spiro atoms. The van der Waals surface area contributed by atoms with E-state index in [2.05, 4.69) is 35.9 Å². The third-order valence-electron chi connectivity index (χ3n) is 3.36. The zero-order valence-corrected chi connectivity index (χ0v) is 13.7. The van der Waals surface area contributed by atoms with Gasteiger partial charge in [-0.15, -0.1) is 5.10 Å².